The molecular formula is C7H4N3NaO4S2-. The summed E-state index contributed by atoms with van der Waals surface area (Å²) in [5.74, 6) is 0. The molecule has 0 saturated heterocycles. The largest absolute Gasteiger partial charge is 0.755 e. The average molecular weight is 281 g/mol. The molecule has 0 aliphatic rings. The van der Waals surface area contributed by atoms with Crippen molar-refractivity contribution in [1.29, 1.82) is 0 Å². The van der Waals surface area contributed by atoms with E-state index in [0.717, 1.165) is 11.3 Å². The number of fused-ring (bicyclic) bond motifs is 1. The minimum atomic E-state index is -2.44. The molecule has 1 aromatic carbocycles. The number of rotatable bonds is 3. The van der Waals surface area contributed by atoms with Crippen LogP contribution in [0.4, 0.5) is 10.8 Å². The van der Waals surface area contributed by atoms with E-state index in [1.165, 1.54) is 18.2 Å². The van der Waals surface area contributed by atoms with Crippen molar-refractivity contribution in [2.45, 2.75) is 0 Å². The van der Waals surface area contributed by atoms with Gasteiger partial charge < -0.3 is 4.55 Å². The molecule has 0 amide bonds. The molecule has 7 nitrogen and oxygen atoms in total. The molecule has 10 heteroatoms. The van der Waals surface area contributed by atoms with Crippen molar-refractivity contribution in [2.75, 3.05) is 4.72 Å². The summed E-state index contributed by atoms with van der Waals surface area (Å²) >= 11 is -1.41. The third-order valence-corrected chi connectivity index (χ3v) is 3.18. The Balaban J connectivity index is 0.00000144. The van der Waals surface area contributed by atoms with E-state index in [4.69, 9.17) is 0 Å². The van der Waals surface area contributed by atoms with Crippen LogP contribution in [0.15, 0.2) is 18.2 Å². The Hall–Kier alpha value is -0.580. The van der Waals surface area contributed by atoms with Crippen LogP contribution < -0.4 is 4.72 Å². The number of hydrogen-bond donors (Lipinski definition) is 1. The molecule has 17 heavy (non-hydrogen) atoms. The molecular weight excluding hydrogens is 277 g/mol. The van der Waals surface area contributed by atoms with Crippen LogP contribution in [-0.4, -0.2) is 48.2 Å². The van der Waals surface area contributed by atoms with Crippen molar-refractivity contribution in [3.63, 3.8) is 0 Å². The van der Waals surface area contributed by atoms with E-state index in [1.807, 2.05) is 0 Å². The molecule has 0 bridgehead atoms. The molecule has 1 N–H and O–H groups in total. The van der Waals surface area contributed by atoms with Crippen LogP contribution in [0.1, 0.15) is 0 Å². The number of nitrogens with one attached hydrogen (secondary N) is 1. The summed E-state index contributed by atoms with van der Waals surface area (Å²) in [6.07, 6.45) is 0. The Morgan fingerprint density at radius 3 is 2.76 bits per heavy atom. The molecule has 0 fully saturated rings. The van der Waals surface area contributed by atoms with Crippen molar-refractivity contribution in [2.24, 2.45) is 0 Å². The molecule has 2 rings (SSSR count). The smallest absolute Gasteiger partial charge is 0.270 e. The van der Waals surface area contributed by atoms with Gasteiger partial charge in [-0.2, -0.15) is 0 Å². The van der Waals surface area contributed by atoms with E-state index in [1.54, 1.807) is 0 Å². The Bertz CT molecular complexity index is 588. The Labute approximate surface area is 124 Å². The molecule has 1 radical (unpaired) electrons. The number of anilines is 1. The molecule has 1 atom stereocenters. The minimum Gasteiger partial charge on any atom is -0.755 e. The van der Waals surface area contributed by atoms with Crippen LogP contribution in [0, 0.1) is 10.1 Å². The number of hydrogen-bond acceptors (Lipinski definition) is 6. The fraction of sp³-hybridized carbons (Fsp3) is 0. The van der Waals surface area contributed by atoms with Crippen LogP contribution in [0.2, 0.25) is 0 Å². The second-order valence-electron chi connectivity index (χ2n) is 2.76. The second-order valence-corrected chi connectivity index (χ2v) is 4.47. The van der Waals surface area contributed by atoms with E-state index < -0.39 is 16.2 Å². The van der Waals surface area contributed by atoms with Gasteiger partial charge in [0.2, 0.25) is 0 Å². The summed E-state index contributed by atoms with van der Waals surface area (Å²) in [5, 5.41) is 10.7. The average Bonchev–Trinajstić information content (AvgIpc) is 2.56. The first-order valence-electron chi connectivity index (χ1n) is 3.97. The number of nitro groups is 1. The van der Waals surface area contributed by atoms with Gasteiger partial charge >= 0.3 is 0 Å². The molecule has 2 aromatic rings. The first kappa shape index (κ1) is 14.5. The van der Waals surface area contributed by atoms with Crippen LogP contribution >= 0.6 is 11.3 Å². The van der Waals surface area contributed by atoms with Gasteiger partial charge in [0.25, 0.3) is 5.69 Å². The van der Waals surface area contributed by atoms with Crippen molar-refractivity contribution in [3.8, 4) is 0 Å². The first-order chi connectivity index (χ1) is 7.56. The van der Waals surface area contributed by atoms with Gasteiger partial charge in [0, 0.05) is 53.0 Å². The van der Waals surface area contributed by atoms with E-state index in [9.17, 15) is 18.9 Å². The van der Waals surface area contributed by atoms with Crippen molar-refractivity contribution in [3.05, 3.63) is 28.3 Å². The number of benzene rings is 1. The van der Waals surface area contributed by atoms with Gasteiger partial charge in [-0.1, -0.05) is 11.3 Å². The number of thiazole rings is 1. The quantitative estimate of drug-likeness (QED) is 0.391. The van der Waals surface area contributed by atoms with Gasteiger partial charge in [0.15, 0.2) is 5.13 Å². The van der Waals surface area contributed by atoms with E-state index in [-0.39, 0.29) is 40.4 Å². The Morgan fingerprint density at radius 1 is 1.47 bits per heavy atom. The molecule has 1 unspecified atom stereocenters. The predicted octanol–water partition coefficient (Wildman–Crippen LogP) is 1.03. The summed E-state index contributed by atoms with van der Waals surface area (Å²) in [6.45, 7) is 0. The zero-order chi connectivity index (χ0) is 11.7. The summed E-state index contributed by atoms with van der Waals surface area (Å²) in [6, 6.07) is 4.15. The SMILES string of the molecule is O=[N+]([O-])c1ccc2nc(NS(=O)[O-])sc2c1.[Na]. The molecule has 0 saturated carbocycles. The minimum absolute atomic E-state index is 0. The number of nitro benzene ring substituents is 1. The first-order valence-corrected chi connectivity index (χ1v) is 5.86. The molecule has 0 aliphatic carbocycles. The van der Waals surface area contributed by atoms with Crippen molar-refractivity contribution < 1.29 is 13.7 Å². The van der Waals surface area contributed by atoms with Gasteiger partial charge in [-0.3, -0.25) is 19.0 Å². The summed E-state index contributed by atoms with van der Waals surface area (Å²) in [4.78, 5) is 13.9. The zero-order valence-electron chi connectivity index (χ0n) is 8.58. The standard InChI is InChI=1S/C7H5N3O4S2.Na/c11-10(12)4-1-2-5-6(3-4)15-7(8-5)9-16(13)14;/h1-3H,(H,8,9)(H,13,14);/p-1. The van der Waals surface area contributed by atoms with Gasteiger partial charge in [0.1, 0.15) is 0 Å². The maximum atomic E-state index is 10.5. The Morgan fingerprint density at radius 2 is 2.18 bits per heavy atom. The van der Waals surface area contributed by atoms with Crippen LogP contribution in [0.5, 0.6) is 0 Å². The van der Waals surface area contributed by atoms with Gasteiger partial charge in [0.05, 0.1) is 15.1 Å². The third kappa shape index (κ3) is 3.44. The fourth-order valence-electron chi connectivity index (χ4n) is 1.14. The van der Waals surface area contributed by atoms with Crippen LogP contribution in [0.3, 0.4) is 0 Å². The maximum Gasteiger partial charge on any atom is 0.270 e. The van der Waals surface area contributed by atoms with Gasteiger partial charge in [-0.15, -0.1) is 0 Å². The summed E-state index contributed by atoms with van der Waals surface area (Å²) < 4.78 is 23.4. The molecule has 85 valence electrons. The molecule has 0 aliphatic heterocycles. The monoisotopic (exact) mass is 281 g/mol. The zero-order valence-corrected chi connectivity index (χ0v) is 12.2. The van der Waals surface area contributed by atoms with Crippen LogP contribution in [-0.2, 0) is 11.3 Å². The van der Waals surface area contributed by atoms with E-state index in [2.05, 4.69) is 9.71 Å². The summed E-state index contributed by atoms with van der Waals surface area (Å²) in [5.41, 5.74) is 0.467. The molecule has 1 aromatic heterocycles. The number of non-ortho nitro benzene ring substituents is 1. The van der Waals surface area contributed by atoms with Crippen molar-refractivity contribution in [1.82, 2.24) is 4.98 Å². The number of aromatic nitrogens is 1. The summed E-state index contributed by atoms with van der Waals surface area (Å²) in [7, 11) is 0. The molecule has 0 spiro atoms. The predicted molar refractivity (Wildman–Crippen MR) is 64.6 cm³/mol. The topological polar surface area (TPSA) is 108 Å². The van der Waals surface area contributed by atoms with Gasteiger partial charge in [-0.05, 0) is 6.07 Å². The van der Waals surface area contributed by atoms with Gasteiger partial charge in [-0.25, -0.2) is 4.98 Å². The normalized spacial score (nSPS) is 11.8. The van der Waals surface area contributed by atoms with E-state index in [0.29, 0.717) is 10.2 Å². The van der Waals surface area contributed by atoms with E-state index >= 15 is 0 Å². The number of nitrogens with zero attached hydrogens (tertiary/aromatic N) is 2. The molecule has 1 heterocycles. The van der Waals surface area contributed by atoms with Crippen molar-refractivity contribution >= 4 is 73.2 Å². The maximum absolute atomic E-state index is 10.5. The Kier molecular flexibility index (Phi) is 4.98. The second kappa shape index (κ2) is 5.85. The third-order valence-electron chi connectivity index (χ3n) is 1.75. The van der Waals surface area contributed by atoms with Crippen LogP contribution in [0.25, 0.3) is 10.2 Å². The fourth-order valence-corrected chi connectivity index (χ4v) is 2.45.